The van der Waals surface area contributed by atoms with Crippen molar-refractivity contribution >= 4 is 28.5 Å². The van der Waals surface area contributed by atoms with Gasteiger partial charge in [0.15, 0.2) is 5.78 Å². The van der Waals surface area contributed by atoms with Crippen molar-refractivity contribution in [2.24, 2.45) is 5.41 Å². The van der Waals surface area contributed by atoms with Gasteiger partial charge in [-0.25, -0.2) is 4.52 Å². The van der Waals surface area contributed by atoms with Crippen molar-refractivity contribution < 1.29 is 9.59 Å². The summed E-state index contributed by atoms with van der Waals surface area (Å²) in [6.45, 7) is 4.21. The Balaban J connectivity index is 1.12. The molecule has 42 heavy (non-hydrogen) atoms. The maximum atomic E-state index is 13.7. The van der Waals surface area contributed by atoms with Gasteiger partial charge in [0.1, 0.15) is 0 Å². The Morgan fingerprint density at radius 3 is 2.64 bits per heavy atom. The molecule has 1 N–H and O–H groups in total. The van der Waals surface area contributed by atoms with E-state index < -0.39 is 0 Å². The normalized spacial score (nSPS) is 19.0. The van der Waals surface area contributed by atoms with Gasteiger partial charge < -0.3 is 10.2 Å². The lowest BCUT2D eigenvalue weighted by Crippen LogP contribution is -2.31. The van der Waals surface area contributed by atoms with E-state index in [1.807, 2.05) is 29.2 Å². The first-order valence-electron chi connectivity index (χ1n) is 15.1. The number of nitrogens with one attached hydrogen (secondary N) is 1. The third-order valence-corrected chi connectivity index (χ3v) is 9.53. The molecule has 0 aromatic carbocycles. The molecule has 9 nitrogen and oxygen atoms in total. The zero-order valence-electron chi connectivity index (χ0n) is 24.3. The molecular formula is C33H37N7O2. The van der Waals surface area contributed by atoms with Crippen LogP contribution >= 0.6 is 0 Å². The number of Topliss-reactive ketones (excluding diaryl/α,β-unsaturated/α-hetero) is 1. The Morgan fingerprint density at radius 1 is 1.02 bits per heavy atom. The summed E-state index contributed by atoms with van der Waals surface area (Å²) in [5.41, 5.74) is 6.26. The van der Waals surface area contributed by atoms with E-state index in [-0.39, 0.29) is 17.1 Å². The summed E-state index contributed by atoms with van der Waals surface area (Å²) in [4.78, 5) is 33.9. The lowest BCUT2D eigenvalue weighted by molar-refractivity contribution is 0.0751. The van der Waals surface area contributed by atoms with Gasteiger partial charge in [0.05, 0.1) is 46.5 Å². The minimum Gasteiger partial charge on any atom is -0.319 e. The maximum Gasteiger partial charge on any atom is 0.257 e. The molecule has 5 heterocycles. The summed E-state index contributed by atoms with van der Waals surface area (Å²) in [5.74, 6) is -0.0192. The summed E-state index contributed by atoms with van der Waals surface area (Å²) in [6, 6.07) is 6.35. The van der Waals surface area contributed by atoms with Gasteiger partial charge in [0, 0.05) is 36.0 Å². The highest BCUT2D eigenvalue weighted by Gasteiger charge is 2.36. The van der Waals surface area contributed by atoms with Crippen LogP contribution in [0.4, 0.5) is 5.69 Å². The molecular weight excluding hydrogens is 526 g/mol. The predicted octanol–water partition coefficient (Wildman–Crippen LogP) is 5.59. The second-order valence-corrected chi connectivity index (χ2v) is 12.5. The van der Waals surface area contributed by atoms with Crippen LogP contribution < -0.4 is 5.32 Å². The van der Waals surface area contributed by atoms with Gasteiger partial charge in [-0.1, -0.05) is 32.3 Å². The van der Waals surface area contributed by atoms with E-state index in [0.717, 1.165) is 79.5 Å². The Hall–Kier alpha value is -4.11. The van der Waals surface area contributed by atoms with E-state index in [0.29, 0.717) is 29.3 Å². The fourth-order valence-electron chi connectivity index (χ4n) is 6.87. The summed E-state index contributed by atoms with van der Waals surface area (Å²) in [7, 11) is 2.14. The van der Waals surface area contributed by atoms with E-state index in [4.69, 9.17) is 0 Å². The number of amides is 1. The fraction of sp³-hybridized carbons (Fsp3) is 0.424. The number of pyridine rings is 2. The van der Waals surface area contributed by atoms with Crippen LogP contribution in [0.1, 0.15) is 95.4 Å². The molecule has 3 aliphatic rings. The molecule has 0 radical (unpaired) electrons. The molecule has 0 atom stereocenters. The van der Waals surface area contributed by atoms with Crippen LogP contribution in [-0.4, -0.2) is 61.1 Å². The van der Waals surface area contributed by atoms with Crippen molar-refractivity contribution in [3.8, 4) is 0 Å². The number of allylic oxidation sites excluding steroid dienone is 1. The van der Waals surface area contributed by atoms with Crippen molar-refractivity contribution in [2.75, 3.05) is 25.5 Å². The number of rotatable bonds is 6. The molecule has 4 aromatic heterocycles. The lowest BCUT2D eigenvalue weighted by Gasteiger charge is -2.31. The summed E-state index contributed by atoms with van der Waals surface area (Å²) in [5, 5.41) is 12.0. The van der Waals surface area contributed by atoms with Crippen molar-refractivity contribution in [1.82, 2.24) is 29.3 Å². The number of fused-ring (bicyclic) bond motifs is 2. The zero-order chi connectivity index (χ0) is 28.8. The SMILES string of the molecule is CN1CCC(n2cc(NC(=O)c3cnc4c(c3)C(c3ccn5ncc(C(=O)C6(C)CCCCC6)c5c3)=CC4)cn2)CC1. The monoisotopic (exact) mass is 563 g/mol. The number of hydrogen-bond acceptors (Lipinski definition) is 6. The molecule has 0 spiro atoms. The number of piperidine rings is 1. The van der Waals surface area contributed by atoms with Crippen LogP contribution in [-0.2, 0) is 6.42 Å². The second-order valence-electron chi connectivity index (χ2n) is 12.5. The van der Waals surface area contributed by atoms with Crippen LogP contribution in [0.5, 0.6) is 0 Å². The first kappa shape index (κ1) is 26.8. The minimum atomic E-state index is -0.327. The number of hydrogen-bond donors (Lipinski definition) is 1. The topological polar surface area (TPSA) is 97.4 Å². The summed E-state index contributed by atoms with van der Waals surface area (Å²) in [6.07, 6.45) is 19.1. The van der Waals surface area contributed by atoms with Crippen molar-refractivity contribution in [3.05, 3.63) is 83.2 Å². The largest absolute Gasteiger partial charge is 0.319 e. The van der Waals surface area contributed by atoms with E-state index in [2.05, 4.69) is 51.5 Å². The average molecular weight is 564 g/mol. The van der Waals surface area contributed by atoms with E-state index in [1.54, 1.807) is 23.1 Å². The van der Waals surface area contributed by atoms with Crippen LogP contribution in [0.2, 0.25) is 0 Å². The molecule has 1 saturated carbocycles. The fourth-order valence-corrected chi connectivity index (χ4v) is 6.87. The highest BCUT2D eigenvalue weighted by molar-refractivity contribution is 6.06. The third-order valence-electron chi connectivity index (χ3n) is 9.53. The molecule has 0 bridgehead atoms. The average Bonchev–Trinajstić information content (AvgIpc) is 3.75. The quantitative estimate of drug-likeness (QED) is 0.308. The van der Waals surface area contributed by atoms with E-state index in [9.17, 15) is 9.59 Å². The van der Waals surface area contributed by atoms with E-state index >= 15 is 0 Å². The third kappa shape index (κ3) is 4.85. The molecule has 1 aliphatic heterocycles. The van der Waals surface area contributed by atoms with Gasteiger partial charge in [0.2, 0.25) is 0 Å². The summed E-state index contributed by atoms with van der Waals surface area (Å²) < 4.78 is 3.76. The molecule has 2 fully saturated rings. The van der Waals surface area contributed by atoms with E-state index in [1.165, 1.54) is 6.42 Å². The van der Waals surface area contributed by atoms with Crippen LogP contribution in [0.25, 0.3) is 11.1 Å². The second kappa shape index (κ2) is 10.6. The first-order chi connectivity index (χ1) is 20.4. The van der Waals surface area contributed by atoms with Gasteiger partial charge in [-0.05, 0) is 75.2 Å². The Morgan fingerprint density at radius 2 is 1.83 bits per heavy atom. The van der Waals surface area contributed by atoms with Gasteiger partial charge in [-0.3, -0.25) is 19.3 Å². The van der Waals surface area contributed by atoms with Gasteiger partial charge in [-0.15, -0.1) is 0 Å². The number of nitrogens with zero attached hydrogens (tertiary/aromatic N) is 6. The highest BCUT2D eigenvalue weighted by atomic mass is 16.1. The molecule has 0 unspecified atom stereocenters. The smallest absolute Gasteiger partial charge is 0.257 e. The highest BCUT2D eigenvalue weighted by Crippen LogP contribution is 2.40. The maximum absolute atomic E-state index is 13.7. The molecule has 9 heteroatoms. The van der Waals surface area contributed by atoms with Crippen LogP contribution in [0.3, 0.4) is 0 Å². The van der Waals surface area contributed by atoms with Crippen LogP contribution in [0, 0.1) is 5.41 Å². The number of ketones is 1. The summed E-state index contributed by atoms with van der Waals surface area (Å²) >= 11 is 0. The Bertz CT molecular complexity index is 1700. The number of anilines is 1. The van der Waals surface area contributed by atoms with Crippen LogP contribution in [0.15, 0.2) is 55.3 Å². The number of carbonyl (C=O) groups is 2. The standard InChI is InChI=1S/C33H37N7O2/c1-33(11-4-3-5-12-33)31(41)28-20-36-39-15-8-22(17-30(28)39)26-6-7-29-27(26)16-23(18-34-29)32(42)37-24-19-35-40(21-24)25-9-13-38(2)14-10-25/h6,8,15-21,25H,3-5,7,9-14H2,1-2H3,(H,37,42). The molecule has 7 rings (SSSR count). The number of likely N-dealkylation sites (tertiary alicyclic amines) is 1. The Labute approximate surface area is 245 Å². The van der Waals surface area contributed by atoms with Gasteiger partial charge >= 0.3 is 0 Å². The molecule has 1 amide bonds. The Kier molecular flexibility index (Phi) is 6.77. The molecule has 4 aromatic rings. The van der Waals surface area contributed by atoms with Gasteiger partial charge in [0.25, 0.3) is 5.91 Å². The molecule has 1 saturated heterocycles. The molecule has 2 aliphatic carbocycles. The zero-order valence-corrected chi connectivity index (χ0v) is 24.3. The van der Waals surface area contributed by atoms with Crippen molar-refractivity contribution in [1.29, 1.82) is 0 Å². The predicted molar refractivity (Wildman–Crippen MR) is 162 cm³/mol. The number of aromatic nitrogens is 5. The molecule has 216 valence electrons. The van der Waals surface area contributed by atoms with Crippen molar-refractivity contribution in [3.63, 3.8) is 0 Å². The van der Waals surface area contributed by atoms with Gasteiger partial charge in [-0.2, -0.15) is 10.2 Å². The number of carbonyl (C=O) groups excluding carboxylic acids is 2. The lowest BCUT2D eigenvalue weighted by atomic mass is 9.71. The minimum absolute atomic E-state index is 0.190. The van der Waals surface area contributed by atoms with Crippen molar-refractivity contribution in [2.45, 2.75) is 64.3 Å². The first-order valence-corrected chi connectivity index (χ1v) is 15.1.